The van der Waals surface area contributed by atoms with Gasteiger partial charge in [0.15, 0.2) is 0 Å². The molecule has 0 aliphatic heterocycles. The van der Waals surface area contributed by atoms with Crippen LogP contribution in [0.2, 0.25) is 0 Å². The third-order valence-electron chi connectivity index (χ3n) is 13.0. The third-order valence-corrected chi connectivity index (χ3v) is 13.0. The predicted octanol–water partition coefficient (Wildman–Crippen LogP) is 11.4. The molecule has 0 bridgehead atoms. The van der Waals surface area contributed by atoms with Crippen molar-refractivity contribution in [2.75, 3.05) is 0 Å². The number of nitriles is 1. The van der Waals surface area contributed by atoms with E-state index in [1.165, 1.54) is 56.9 Å². The molecule has 0 N–H and O–H groups in total. The predicted molar refractivity (Wildman–Crippen MR) is 184 cm³/mol. The van der Waals surface area contributed by atoms with Crippen molar-refractivity contribution in [1.82, 2.24) is 0 Å². The summed E-state index contributed by atoms with van der Waals surface area (Å²) in [6.45, 7) is 14.6. The highest BCUT2D eigenvalue weighted by atomic mass is 16.8. The summed E-state index contributed by atoms with van der Waals surface area (Å²) in [5, 5.41) is 9.10. The van der Waals surface area contributed by atoms with Crippen LogP contribution in [0.25, 0.3) is 0 Å². The summed E-state index contributed by atoms with van der Waals surface area (Å²) in [5.41, 5.74) is 2.81. The average Bonchev–Trinajstić information content (AvgIpc) is 3.39. The van der Waals surface area contributed by atoms with Crippen molar-refractivity contribution >= 4 is 6.16 Å². The lowest BCUT2D eigenvalue weighted by molar-refractivity contribution is -0.0891. The number of carbonyl (C=O) groups excluding carboxylic acids is 1. The maximum absolute atomic E-state index is 13.1. The zero-order chi connectivity index (χ0) is 32.9. The normalized spacial score (nSPS) is 33.1. The summed E-state index contributed by atoms with van der Waals surface area (Å²) in [5.74, 6) is 5.51. The summed E-state index contributed by atoms with van der Waals surface area (Å²) in [7, 11) is 0. The van der Waals surface area contributed by atoms with Crippen LogP contribution in [0.15, 0.2) is 35.9 Å². The summed E-state index contributed by atoms with van der Waals surface area (Å²) in [6, 6.07) is 9.05. The number of rotatable bonds is 13. The number of nitrogens with zero attached hydrogens (tertiary/aromatic N) is 1. The number of benzene rings is 1. The molecule has 46 heavy (non-hydrogen) atoms. The molecule has 3 fully saturated rings. The first-order chi connectivity index (χ1) is 22.1. The molecule has 0 amide bonds. The van der Waals surface area contributed by atoms with E-state index in [1.54, 1.807) is 24.3 Å². The lowest BCUT2D eigenvalue weighted by atomic mass is 9.47. The van der Waals surface area contributed by atoms with Crippen molar-refractivity contribution in [3.63, 3.8) is 0 Å². The van der Waals surface area contributed by atoms with Gasteiger partial charge in [-0.05, 0) is 122 Å². The molecule has 254 valence electrons. The van der Waals surface area contributed by atoms with Gasteiger partial charge in [0.2, 0.25) is 6.29 Å². The Labute approximate surface area is 279 Å². The molecule has 5 rings (SSSR count). The minimum atomic E-state index is -0.708. The Morgan fingerprint density at radius 2 is 1.74 bits per heavy atom. The summed E-state index contributed by atoms with van der Waals surface area (Å²) < 4.78 is 17.8. The van der Waals surface area contributed by atoms with Crippen LogP contribution in [0.5, 0.6) is 5.75 Å². The van der Waals surface area contributed by atoms with Crippen LogP contribution in [0.1, 0.15) is 143 Å². The molecule has 4 aliphatic carbocycles. The highest BCUT2D eigenvalue weighted by molar-refractivity contribution is 5.60. The van der Waals surface area contributed by atoms with Gasteiger partial charge in [-0.25, -0.2) is 4.79 Å². The number of fused-ring (bicyclic) bond motifs is 5. The quantitative estimate of drug-likeness (QED) is 0.0937. The van der Waals surface area contributed by atoms with Crippen LogP contribution < -0.4 is 4.74 Å². The topological polar surface area (TPSA) is 68.6 Å². The molecule has 0 aromatic heterocycles. The van der Waals surface area contributed by atoms with Crippen LogP contribution >= 0.6 is 0 Å². The van der Waals surface area contributed by atoms with Crippen molar-refractivity contribution in [2.45, 2.75) is 150 Å². The molecule has 1 aromatic carbocycles. The van der Waals surface area contributed by atoms with Crippen molar-refractivity contribution in [3.8, 4) is 11.8 Å². The van der Waals surface area contributed by atoms with Crippen molar-refractivity contribution in [1.29, 1.82) is 5.26 Å². The van der Waals surface area contributed by atoms with Crippen LogP contribution in [0, 0.1) is 57.7 Å². The molecule has 9 unspecified atom stereocenters. The smallest absolute Gasteiger partial charge is 0.455 e. The number of carbonyl (C=O) groups is 1. The van der Waals surface area contributed by atoms with Gasteiger partial charge in [0.05, 0.1) is 11.6 Å². The second kappa shape index (κ2) is 15.2. The number of ether oxygens (including phenoxy) is 3. The number of hydrogen-bond acceptors (Lipinski definition) is 5. The fourth-order valence-corrected chi connectivity index (χ4v) is 10.5. The first kappa shape index (κ1) is 34.8. The SMILES string of the molecule is CCCCCC(OC(=O)OC1CCC2(C)C(=CCC3C2CCC2(C)C(C(C)CCCC(C)C)CCC32)C1)Oc1ccc(C#N)cc1. The van der Waals surface area contributed by atoms with Crippen LogP contribution in [-0.4, -0.2) is 18.5 Å². The number of hydrogen-bond donors (Lipinski definition) is 0. The maximum Gasteiger partial charge on any atom is 0.511 e. The molecule has 0 saturated heterocycles. The second-order valence-corrected chi connectivity index (χ2v) is 16.3. The highest BCUT2D eigenvalue weighted by Gasteiger charge is 2.59. The van der Waals surface area contributed by atoms with E-state index in [0.717, 1.165) is 74.0 Å². The Kier molecular flexibility index (Phi) is 11.5. The van der Waals surface area contributed by atoms with Gasteiger partial charge in [-0.15, -0.1) is 0 Å². The third kappa shape index (κ3) is 7.63. The second-order valence-electron chi connectivity index (χ2n) is 16.3. The lowest BCUT2D eigenvalue weighted by Gasteiger charge is -2.58. The molecule has 0 radical (unpaired) electrons. The molecule has 0 spiro atoms. The van der Waals surface area contributed by atoms with Gasteiger partial charge in [0.1, 0.15) is 11.9 Å². The maximum atomic E-state index is 13.1. The van der Waals surface area contributed by atoms with E-state index in [-0.39, 0.29) is 11.5 Å². The standard InChI is InChI=1S/C41H61NO4/c1-7-8-9-13-38(44-32-17-14-30(27-42)15-18-32)46-39(43)45-33-22-24-40(5)31(26-33)16-19-34-36-21-20-35(29(4)12-10-11-28(2)3)41(36,6)25-23-37(34)40/h14-18,28-29,33-38H,7-13,19-26H2,1-6H3. The molecular formula is C41H61NO4. The Balaban J connectivity index is 1.18. The van der Waals surface area contributed by atoms with Crippen molar-refractivity contribution < 1.29 is 19.0 Å². The number of unbranched alkanes of at least 4 members (excludes halogenated alkanes) is 2. The zero-order valence-electron chi connectivity index (χ0n) is 29.7. The largest absolute Gasteiger partial charge is 0.511 e. The van der Waals surface area contributed by atoms with E-state index in [1.807, 2.05) is 0 Å². The van der Waals surface area contributed by atoms with Crippen molar-refractivity contribution in [2.24, 2.45) is 46.3 Å². The Morgan fingerprint density at radius 1 is 0.957 bits per heavy atom. The fourth-order valence-electron chi connectivity index (χ4n) is 10.5. The first-order valence-corrected chi connectivity index (χ1v) is 18.8. The Bertz CT molecular complexity index is 1230. The van der Waals surface area contributed by atoms with Gasteiger partial charge in [-0.1, -0.05) is 85.3 Å². The molecule has 9 atom stereocenters. The van der Waals surface area contributed by atoms with Crippen LogP contribution in [0.3, 0.4) is 0 Å². The molecule has 5 nitrogen and oxygen atoms in total. The Hall–Kier alpha value is -2.48. The minimum Gasteiger partial charge on any atom is -0.455 e. The van der Waals surface area contributed by atoms with Crippen LogP contribution in [-0.2, 0) is 9.47 Å². The van der Waals surface area contributed by atoms with E-state index in [4.69, 9.17) is 19.5 Å². The van der Waals surface area contributed by atoms with E-state index in [9.17, 15) is 4.79 Å². The zero-order valence-corrected chi connectivity index (χ0v) is 29.7. The van der Waals surface area contributed by atoms with Gasteiger partial charge in [-0.2, -0.15) is 5.26 Å². The van der Waals surface area contributed by atoms with Gasteiger partial charge < -0.3 is 14.2 Å². The molecule has 0 heterocycles. The molecule has 4 aliphatic rings. The van der Waals surface area contributed by atoms with E-state index in [0.29, 0.717) is 23.1 Å². The first-order valence-electron chi connectivity index (χ1n) is 18.8. The summed E-state index contributed by atoms with van der Waals surface area (Å²) in [6.07, 6.45) is 18.4. The molecular weight excluding hydrogens is 570 g/mol. The van der Waals surface area contributed by atoms with Gasteiger partial charge in [-0.3, -0.25) is 0 Å². The average molecular weight is 632 g/mol. The number of allylic oxidation sites excluding steroid dienone is 1. The highest BCUT2D eigenvalue weighted by Crippen LogP contribution is 2.67. The molecule has 1 aromatic rings. The van der Waals surface area contributed by atoms with Gasteiger partial charge >= 0.3 is 6.16 Å². The van der Waals surface area contributed by atoms with Gasteiger partial charge in [0.25, 0.3) is 0 Å². The van der Waals surface area contributed by atoms with E-state index in [2.05, 4.69) is 53.7 Å². The summed E-state index contributed by atoms with van der Waals surface area (Å²) in [4.78, 5) is 13.1. The monoisotopic (exact) mass is 631 g/mol. The summed E-state index contributed by atoms with van der Waals surface area (Å²) >= 11 is 0. The van der Waals surface area contributed by atoms with Gasteiger partial charge in [0, 0.05) is 12.8 Å². The van der Waals surface area contributed by atoms with E-state index >= 15 is 0 Å². The van der Waals surface area contributed by atoms with Crippen molar-refractivity contribution in [3.05, 3.63) is 41.5 Å². The lowest BCUT2D eigenvalue weighted by Crippen LogP contribution is -2.51. The molecule has 3 saturated carbocycles. The van der Waals surface area contributed by atoms with E-state index < -0.39 is 12.4 Å². The fraction of sp³-hybridized carbons (Fsp3) is 0.756. The minimum absolute atomic E-state index is 0.147. The molecule has 5 heteroatoms. The Morgan fingerprint density at radius 3 is 2.46 bits per heavy atom. The van der Waals surface area contributed by atoms with Crippen LogP contribution in [0.4, 0.5) is 4.79 Å².